The number of halogens is 1. The summed E-state index contributed by atoms with van der Waals surface area (Å²) in [5.41, 5.74) is 0.625. The minimum atomic E-state index is -0.118. The third-order valence-corrected chi connectivity index (χ3v) is 3.06. The fourth-order valence-electron chi connectivity index (χ4n) is 1.86. The highest BCUT2D eigenvalue weighted by Gasteiger charge is 2.11. The molecule has 0 saturated heterocycles. The van der Waals surface area contributed by atoms with E-state index in [2.05, 4.69) is 10.3 Å². The van der Waals surface area contributed by atoms with E-state index in [0.29, 0.717) is 10.7 Å². The smallest absolute Gasteiger partial charge is 0.244 e. The van der Waals surface area contributed by atoms with Crippen LogP contribution in [0.15, 0.2) is 36.7 Å². The minimum absolute atomic E-state index is 0.118. The van der Waals surface area contributed by atoms with Crippen molar-refractivity contribution in [3.8, 4) is 0 Å². The van der Waals surface area contributed by atoms with Crippen molar-refractivity contribution < 1.29 is 4.79 Å². The second-order valence-corrected chi connectivity index (χ2v) is 5.00. The molecule has 0 aliphatic carbocycles. The van der Waals surface area contributed by atoms with E-state index in [1.165, 1.54) is 0 Å². The van der Waals surface area contributed by atoms with Gasteiger partial charge in [0.2, 0.25) is 5.91 Å². The molecule has 2 aromatic rings. The zero-order valence-electron chi connectivity index (χ0n) is 10.9. The highest BCUT2D eigenvalue weighted by molar-refractivity contribution is 6.33. The molecule has 0 saturated carbocycles. The SMILES string of the molecule is CC(C)c1nccn1CC(=O)Nc1ccccc1Cl. The number of anilines is 1. The van der Waals surface area contributed by atoms with Gasteiger partial charge in [0.05, 0.1) is 10.7 Å². The molecule has 19 heavy (non-hydrogen) atoms. The van der Waals surface area contributed by atoms with E-state index < -0.39 is 0 Å². The molecular formula is C14H16ClN3O. The Kier molecular flexibility index (Phi) is 4.22. The summed E-state index contributed by atoms with van der Waals surface area (Å²) in [6.45, 7) is 4.33. The van der Waals surface area contributed by atoms with Crippen LogP contribution in [-0.4, -0.2) is 15.5 Å². The van der Waals surface area contributed by atoms with Crippen LogP contribution in [0.5, 0.6) is 0 Å². The summed E-state index contributed by atoms with van der Waals surface area (Å²) < 4.78 is 1.84. The fraction of sp³-hybridized carbons (Fsp3) is 0.286. The first kappa shape index (κ1) is 13.6. The van der Waals surface area contributed by atoms with Crippen molar-refractivity contribution in [3.05, 3.63) is 47.5 Å². The van der Waals surface area contributed by atoms with Crippen LogP contribution in [0.2, 0.25) is 5.02 Å². The van der Waals surface area contributed by atoms with Gasteiger partial charge in [-0.3, -0.25) is 4.79 Å². The van der Waals surface area contributed by atoms with Gasteiger partial charge in [-0.2, -0.15) is 0 Å². The molecule has 0 fully saturated rings. The highest BCUT2D eigenvalue weighted by atomic mass is 35.5. The average Bonchev–Trinajstić information content (AvgIpc) is 2.80. The Morgan fingerprint density at radius 3 is 2.84 bits per heavy atom. The molecule has 0 aliphatic rings. The zero-order valence-corrected chi connectivity index (χ0v) is 11.7. The lowest BCUT2D eigenvalue weighted by Crippen LogP contribution is -2.20. The molecule has 1 N–H and O–H groups in total. The van der Waals surface area contributed by atoms with Crippen LogP contribution in [0.4, 0.5) is 5.69 Å². The Morgan fingerprint density at radius 1 is 1.42 bits per heavy atom. The standard InChI is InChI=1S/C14H16ClN3O/c1-10(2)14-16-7-8-18(14)9-13(19)17-12-6-4-3-5-11(12)15/h3-8,10H,9H2,1-2H3,(H,17,19). The maximum atomic E-state index is 12.0. The molecule has 0 spiro atoms. The van der Waals surface area contributed by atoms with E-state index in [-0.39, 0.29) is 18.4 Å². The molecule has 4 nitrogen and oxygen atoms in total. The quantitative estimate of drug-likeness (QED) is 0.932. The van der Waals surface area contributed by atoms with Crippen molar-refractivity contribution in [2.45, 2.75) is 26.3 Å². The lowest BCUT2D eigenvalue weighted by Gasteiger charge is -2.11. The fourth-order valence-corrected chi connectivity index (χ4v) is 2.05. The Labute approximate surface area is 117 Å². The van der Waals surface area contributed by atoms with Crippen LogP contribution < -0.4 is 5.32 Å². The average molecular weight is 278 g/mol. The number of carbonyl (C=O) groups is 1. The predicted molar refractivity (Wildman–Crippen MR) is 76.4 cm³/mol. The lowest BCUT2D eigenvalue weighted by molar-refractivity contribution is -0.116. The van der Waals surface area contributed by atoms with Crippen LogP contribution in [-0.2, 0) is 11.3 Å². The number of carbonyl (C=O) groups excluding carboxylic acids is 1. The predicted octanol–water partition coefficient (Wildman–Crippen LogP) is 3.30. The summed E-state index contributed by atoms with van der Waals surface area (Å²) >= 11 is 6.00. The van der Waals surface area contributed by atoms with Crippen molar-refractivity contribution in [1.29, 1.82) is 0 Å². The number of benzene rings is 1. The van der Waals surface area contributed by atoms with Gasteiger partial charge in [0, 0.05) is 18.3 Å². The van der Waals surface area contributed by atoms with Gasteiger partial charge < -0.3 is 9.88 Å². The number of hydrogen-bond acceptors (Lipinski definition) is 2. The number of rotatable bonds is 4. The van der Waals surface area contributed by atoms with Gasteiger partial charge in [0.25, 0.3) is 0 Å². The minimum Gasteiger partial charge on any atom is -0.325 e. The van der Waals surface area contributed by atoms with E-state index >= 15 is 0 Å². The van der Waals surface area contributed by atoms with Crippen LogP contribution in [0.3, 0.4) is 0 Å². The number of nitrogens with zero attached hydrogens (tertiary/aromatic N) is 2. The van der Waals surface area contributed by atoms with Crippen LogP contribution in [0.25, 0.3) is 0 Å². The molecule has 0 aliphatic heterocycles. The molecule has 1 aromatic carbocycles. The Morgan fingerprint density at radius 2 is 2.16 bits per heavy atom. The number of nitrogens with one attached hydrogen (secondary N) is 1. The number of hydrogen-bond donors (Lipinski definition) is 1. The first-order chi connectivity index (χ1) is 9.08. The number of amides is 1. The van der Waals surface area contributed by atoms with Gasteiger partial charge in [0.15, 0.2) is 0 Å². The summed E-state index contributed by atoms with van der Waals surface area (Å²) in [6, 6.07) is 7.18. The van der Waals surface area contributed by atoms with E-state index in [9.17, 15) is 4.79 Å². The maximum absolute atomic E-state index is 12.0. The largest absolute Gasteiger partial charge is 0.325 e. The summed E-state index contributed by atoms with van der Waals surface area (Å²) in [4.78, 5) is 16.2. The van der Waals surface area contributed by atoms with E-state index in [1.807, 2.05) is 36.7 Å². The molecule has 5 heteroatoms. The van der Waals surface area contributed by atoms with Gasteiger partial charge in [-0.05, 0) is 12.1 Å². The topological polar surface area (TPSA) is 46.9 Å². The molecule has 1 amide bonds. The van der Waals surface area contributed by atoms with Crippen molar-refractivity contribution in [3.63, 3.8) is 0 Å². The van der Waals surface area contributed by atoms with Crippen molar-refractivity contribution in [1.82, 2.24) is 9.55 Å². The summed E-state index contributed by atoms with van der Waals surface area (Å²) in [5.74, 6) is 1.06. The monoisotopic (exact) mass is 277 g/mol. The third kappa shape index (κ3) is 3.35. The molecule has 0 radical (unpaired) electrons. The van der Waals surface area contributed by atoms with Crippen LogP contribution in [0, 0.1) is 0 Å². The van der Waals surface area contributed by atoms with Gasteiger partial charge >= 0.3 is 0 Å². The molecule has 2 rings (SSSR count). The number of para-hydroxylation sites is 1. The summed E-state index contributed by atoms with van der Waals surface area (Å²) in [6.07, 6.45) is 3.51. The van der Waals surface area contributed by atoms with Gasteiger partial charge in [-0.1, -0.05) is 37.6 Å². The van der Waals surface area contributed by atoms with E-state index in [4.69, 9.17) is 11.6 Å². The first-order valence-corrected chi connectivity index (χ1v) is 6.51. The van der Waals surface area contributed by atoms with E-state index in [0.717, 1.165) is 5.82 Å². The second kappa shape index (κ2) is 5.89. The van der Waals surface area contributed by atoms with Crippen molar-refractivity contribution in [2.75, 3.05) is 5.32 Å². The van der Waals surface area contributed by atoms with Gasteiger partial charge in [-0.15, -0.1) is 0 Å². The van der Waals surface area contributed by atoms with Gasteiger partial charge in [0.1, 0.15) is 12.4 Å². The Bertz CT molecular complexity index is 578. The zero-order chi connectivity index (χ0) is 13.8. The molecule has 1 heterocycles. The third-order valence-electron chi connectivity index (χ3n) is 2.73. The van der Waals surface area contributed by atoms with Crippen molar-refractivity contribution >= 4 is 23.2 Å². The first-order valence-electron chi connectivity index (χ1n) is 6.13. The van der Waals surface area contributed by atoms with Crippen LogP contribution >= 0.6 is 11.6 Å². The van der Waals surface area contributed by atoms with Gasteiger partial charge in [-0.25, -0.2) is 4.98 Å². The molecular weight excluding hydrogens is 262 g/mol. The number of aromatic nitrogens is 2. The Hall–Kier alpha value is -1.81. The Balaban J connectivity index is 2.06. The number of imidazole rings is 1. The molecule has 100 valence electrons. The molecule has 0 unspecified atom stereocenters. The summed E-state index contributed by atoms with van der Waals surface area (Å²) in [5, 5.41) is 3.33. The molecule has 0 atom stereocenters. The van der Waals surface area contributed by atoms with Crippen molar-refractivity contribution in [2.24, 2.45) is 0 Å². The van der Waals surface area contributed by atoms with Crippen LogP contribution in [0.1, 0.15) is 25.6 Å². The normalized spacial score (nSPS) is 10.7. The second-order valence-electron chi connectivity index (χ2n) is 4.60. The molecule has 0 bridgehead atoms. The summed E-state index contributed by atoms with van der Waals surface area (Å²) in [7, 11) is 0. The molecule has 1 aromatic heterocycles. The highest BCUT2D eigenvalue weighted by Crippen LogP contribution is 2.20. The van der Waals surface area contributed by atoms with E-state index in [1.54, 1.807) is 18.3 Å². The maximum Gasteiger partial charge on any atom is 0.244 e. The lowest BCUT2D eigenvalue weighted by atomic mass is 10.2.